The molecule has 0 fully saturated rings. The first-order valence-corrected chi connectivity index (χ1v) is 6.28. The largest absolute Gasteiger partial charge is 0.244 e. The van der Waals surface area contributed by atoms with E-state index >= 15 is 0 Å². The van der Waals surface area contributed by atoms with Gasteiger partial charge in [0.05, 0.1) is 5.88 Å². The maximum absolute atomic E-state index is 5.75. The van der Waals surface area contributed by atoms with E-state index in [4.69, 9.17) is 11.6 Å². The Kier molecular flexibility index (Phi) is 3.39. The maximum atomic E-state index is 5.75. The van der Waals surface area contributed by atoms with Crippen LogP contribution in [0, 0.1) is 0 Å². The van der Waals surface area contributed by atoms with Crippen LogP contribution in [-0.4, -0.2) is 4.98 Å². The Morgan fingerprint density at radius 3 is 2.53 bits per heavy atom. The fourth-order valence-corrected chi connectivity index (χ4v) is 2.39. The summed E-state index contributed by atoms with van der Waals surface area (Å²) in [6.07, 6.45) is 2.92. The van der Waals surface area contributed by atoms with E-state index in [9.17, 15) is 0 Å². The zero-order valence-corrected chi connectivity index (χ0v) is 10.1. The molecule has 1 nitrogen and oxygen atoms in total. The van der Waals surface area contributed by atoms with E-state index in [1.54, 1.807) is 11.3 Å². The molecule has 0 amide bonds. The summed E-state index contributed by atoms with van der Waals surface area (Å²) in [5, 5.41) is 1.05. The topological polar surface area (TPSA) is 12.9 Å². The highest BCUT2D eigenvalue weighted by atomic mass is 35.5. The fraction of sp³-hybridized carbons (Fsp3) is 0.250. The summed E-state index contributed by atoms with van der Waals surface area (Å²) in [5.41, 5.74) is 2.53. The molecule has 1 aromatic heterocycles. The molecule has 0 saturated heterocycles. The van der Waals surface area contributed by atoms with Crippen LogP contribution in [0.2, 0.25) is 0 Å². The number of aryl methyl sites for hydroxylation is 1. The minimum Gasteiger partial charge on any atom is -0.244 e. The smallest absolute Gasteiger partial charge is 0.123 e. The summed E-state index contributed by atoms with van der Waals surface area (Å²) < 4.78 is 0. The Bertz CT molecular complexity index is 433. The van der Waals surface area contributed by atoms with Crippen LogP contribution < -0.4 is 0 Å². The summed E-state index contributed by atoms with van der Waals surface area (Å²) in [5.74, 6) is 0.546. The average molecular weight is 238 g/mol. The summed E-state index contributed by atoms with van der Waals surface area (Å²) in [7, 11) is 0. The number of rotatable bonds is 3. The molecule has 15 heavy (non-hydrogen) atoms. The molecule has 2 rings (SSSR count). The summed E-state index contributed by atoms with van der Waals surface area (Å²) in [4.78, 5) is 5.46. The van der Waals surface area contributed by atoms with Crippen molar-refractivity contribution in [2.75, 3.05) is 0 Å². The molecule has 0 radical (unpaired) electrons. The molecule has 78 valence electrons. The standard InChI is InChI=1S/C12H12ClNS/c1-2-9-3-5-10(6-4-9)12-14-8-11(7-13)15-12/h3-6,8H,2,7H2,1H3. The molecule has 1 heterocycles. The van der Waals surface area contributed by atoms with E-state index in [2.05, 4.69) is 36.2 Å². The predicted molar refractivity (Wildman–Crippen MR) is 66.5 cm³/mol. The monoisotopic (exact) mass is 237 g/mol. The first kappa shape index (κ1) is 10.7. The van der Waals surface area contributed by atoms with E-state index in [1.807, 2.05) is 6.20 Å². The highest BCUT2D eigenvalue weighted by Crippen LogP contribution is 2.26. The van der Waals surface area contributed by atoms with Crippen molar-refractivity contribution in [2.24, 2.45) is 0 Å². The second kappa shape index (κ2) is 4.77. The van der Waals surface area contributed by atoms with Gasteiger partial charge in [0.15, 0.2) is 0 Å². The predicted octanol–water partition coefficient (Wildman–Crippen LogP) is 4.11. The van der Waals surface area contributed by atoms with Gasteiger partial charge in [-0.05, 0) is 12.0 Å². The van der Waals surface area contributed by atoms with Gasteiger partial charge in [0.1, 0.15) is 5.01 Å². The number of halogens is 1. The third-order valence-electron chi connectivity index (χ3n) is 2.29. The fourth-order valence-electron chi connectivity index (χ4n) is 1.39. The van der Waals surface area contributed by atoms with Crippen molar-refractivity contribution in [3.8, 4) is 10.6 Å². The molecule has 0 atom stereocenters. The van der Waals surface area contributed by atoms with Crippen LogP contribution in [0.15, 0.2) is 30.5 Å². The van der Waals surface area contributed by atoms with Crippen LogP contribution in [0.1, 0.15) is 17.4 Å². The van der Waals surface area contributed by atoms with Gasteiger partial charge in [-0.15, -0.1) is 22.9 Å². The lowest BCUT2D eigenvalue weighted by molar-refractivity contribution is 1.14. The van der Waals surface area contributed by atoms with Crippen molar-refractivity contribution in [1.82, 2.24) is 4.98 Å². The number of benzene rings is 1. The molecule has 0 aliphatic heterocycles. The molecular formula is C12H12ClNS. The molecule has 2 aromatic rings. The van der Waals surface area contributed by atoms with Gasteiger partial charge in [-0.2, -0.15) is 0 Å². The average Bonchev–Trinajstić information content (AvgIpc) is 2.78. The van der Waals surface area contributed by atoms with Gasteiger partial charge in [0.2, 0.25) is 0 Å². The minimum atomic E-state index is 0.546. The molecule has 0 N–H and O–H groups in total. The Hall–Kier alpha value is -0.860. The maximum Gasteiger partial charge on any atom is 0.123 e. The molecule has 0 spiro atoms. The quantitative estimate of drug-likeness (QED) is 0.732. The van der Waals surface area contributed by atoms with Crippen LogP contribution in [0.25, 0.3) is 10.6 Å². The minimum absolute atomic E-state index is 0.546. The zero-order valence-electron chi connectivity index (χ0n) is 8.53. The van der Waals surface area contributed by atoms with Crippen LogP contribution in [0.4, 0.5) is 0 Å². The first-order chi connectivity index (χ1) is 7.33. The number of hydrogen-bond acceptors (Lipinski definition) is 2. The SMILES string of the molecule is CCc1ccc(-c2ncc(CCl)s2)cc1. The van der Waals surface area contributed by atoms with E-state index in [1.165, 1.54) is 11.1 Å². The van der Waals surface area contributed by atoms with Crippen LogP contribution >= 0.6 is 22.9 Å². The Morgan fingerprint density at radius 1 is 1.27 bits per heavy atom. The molecule has 0 aliphatic rings. The van der Waals surface area contributed by atoms with Crippen molar-refractivity contribution in [1.29, 1.82) is 0 Å². The normalized spacial score (nSPS) is 10.5. The van der Waals surface area contributed by atoms with Gasteiger partial charge < -0.3 is 0 Å². The summed E-state index contributed by atoms with van der Waals surface area (Å²) in [6, 6.07) is 8.54. The zero-order chi connectivity index (χ0) is 10.7. The van der Waals surface area contributed by atoms with E-state index in [0.29, 0.717) is 5.88 Å². The van der Waals surface area contributed by atoms with Gasteiger partial charge in [-0.3, -0.25) is 0 Å². The Morgan fingerprint density at radius 2 is 2.00 bits per heavy atom. The highest BCUT2D eigenvalue weighted by molar-refractivity contribution is 7.15. The molecular weight excluding hydrogens is 226 g/mol. The third-order valence-corrected chi connectivity index (χ3v) is 3.79. The van der Waals surface area contributed by atoms with E-state index < -0.39 is 0 Å². The third kappa shape index (κ3) is 2.39. The summed E-state index contributed by atoms with van der Waals surface area (Å²) >= 11 is 7.40. The molecule has 0 aliphatic carbocycles. The lowest BCUT2D eigenvalue weighted by Crippen LogP contribution is -1.79. The number of thiazole rings is 1. The molecule has 3 heteroatoms. The number of alkyl halides is 1. The number of hydrogen-bond donors (Lipinski definition) is 0. The number of nitrogens with zero attached hydrogens (tertiary/aromatic N) is 1. The van der Waals surface area contributed by atoms with Crippen LogP contribution in [0.5, 0.6) is 0 Å². The van der Waals surface area contributed by atoms with Gasteiger partial charge >= 0.3 is 0 Å². The van der Waals surface area contributed by atoms with Crippen LogP contribution in [0.3, 0.4) is 0 Å². The Balaban J connectivity index is 2.28. The molecule has 0 unspecified atom stereocenters. The van der Waals surface area contributed by atoms with Gasteiger partial charge in [-0.25, -0.2) is 4.98 Å². The van der Waals surface area contributed by atoms with Gasteiger partial charge in [-0.1, -0.05) is 31.2 Å². The second-order valence-electron chi connectivity index (χ2n) is 3.32. The summed E-state index contributed by atoms with van der Waals surface area (Å²) in [6.45, 7) is 2.16. The van der Waals surface area contributed by atoms with E-state index in [-0.39, 0.29) is 0 Å². The molecule has 0 bridgehead atoms. The van der Waals surface area contributed by atoms with Crippen molar-refractivity contribution in [3.05, 3.63) is 40.9 Å². The van der Waals surface area contributed by atoms with E-state index in [0.717, 1.165) is 16.3 Å². The van der Waals surface area contributed by atoms with Crippen LogP contribution in [-0.2, 0) is 12.3 Å². The van der Waals surface area contributed by atoms with Crippen molar-refractivity contribution < 1.29 is 0 Å². The Labute approximate surface area is 98.7 Å². The van der Waals surface area contributed by atoms with Gasteiger partial charge in [0, 0.05) is 16.6 Å². The molecule has 1 aromatic carbocycles. The highest BCUT2D eigenvalue weighted by Gasteiger charge is 2.03. The van der Waals surface area contributed by atoms with Gasteiger partial charge in [0.25, 0.3) is 0 Å². The van der Waals surface area contributed by atoms with Crippen molar-refractivity contribution in [2.45, 2.75) is 19.2 Å². The lowest BCUT2D eigenvalue weighted by Gasteiger charge is -1.98. The van der Waals surface area contributed by atoms with Crippen molar-refractivity contribution >= 4 is 22.9 Å². The number of aromatic nitrogens is 1. The molecule has 0 saturated carbocycles. The second-order valence-corrected chi connectivity index (χ2v) is 4.70. The first-order valence-electron chi connectivity index (χ1n) is 4.93. The lowest BCUT2D eigenvalue weighted by atomic mass is 10.1. The van der Waals surface area contributed by atoms with Crippen molar-refractivity contribution in [3.63, 3.8) is 0 Å².